The molecule has 4 N–H and O–H groups in total. The second-order valence-corrected chi connectivity index (χ2v) is 4.14. The predicted molar refractivity (Wildman–Crippen MR) is 70.3 cm³/mol. The van der Waals surface area contributed by atoms with Crippen molar-refractivity contribution in [3.8, 4) is 11.5 Å². The van der Waals surface area contributed by atoms with Crippen LogP contribution in [0, 0.1) is 5.92 Å². The molecule has 1 aromatic carbocycles. The van der Waals surface area contributed by atoms with E-state index >= 15 is 0 Å². The second-order valence-electron chi connectivity index (χ2n) is 4.14. The quantitative estimate of drug-likeness (QED) is 0.445. The van der Waals surface area contributed by atoms with Gasteiger partial charge in [0.25, 0.3) is 5.91 Å². The molecule has 0 bridgehead atoms. The first-order valence-corrected chi connectivity index (χ1v) is 5.72. The predicted octanol–water partition coefficient (Wildman–Crippen LogP) is -0.330. The summed E-state index contributed by atoms with van der Waals surface area (Å²) in [6.07, 6.45) is 1.21. The van der Waals surface area contributed by atoms with Gasteiger partial charge in [-0.15, -0.1) is 0 Å². The lowest BCUT2D eigenvalue weighted by atomic mass is 10.1. The molecule has 20 heavy (non-hydrogen) atoms. The number of nitrogens with zero attached hydrogens (tertiary/aromatic N) is 2. The normalized spacial score (nSPS) is 17.9. The first-order chi connectivity index (χ1) is 9.49. The third-order valence-electron chi connectivity index (χ3n) is 2.71. The van der Waals surface area contributed by atoms with E-state index in [-0.39, 0.29) is 23.1 Å². The molecule has 0 radical (unpaired) electrons. The Morgan fingerprint density at radius 3 is 2.85 bits per heavy atom. The van der Waals surface area contributed by atoms with Crippen LogP contribution in [0.2, 0.25) is 0 Å². The van der Waals surface area contributed by atoms with E-state index in [9.17, 15) is 14.7 Å². The molecule has 1 unspecified atom stereocenters. The first-order valence-electron chi connectivity index (χ1n) is 5.72. The van der Waals surface area contributed by atoms with Crippen LogP contribution in [0.5, 0.6) is 11.5 Å². The first kappa shape index (κ1) is 13.5. The number of benzene rings is 1. The van der Waals surface area contributed by atoms with Crippen LogP contribution in [0.4, 0.5) is 0 Å². The van der Waals surface area contributed by atoms with Crippen LogP contribution in [0.25, 0.3) is 0 Å². The molecular weight excluding hydrogens is 264 g/mol. The molecule has 1 aliphatic heterocycles. The third kappa shape index (κ3) is 2.74. The van der Waals surface area contributed by atoms with E-state index in [1.54, 1.807) is 6.92 Å². The molecule has 1 aromatic rings. The van der Waals surface area contributed by atoms with Gasteiger partial charge in [0.05, 0.1) is 12.1 Å². The number of phenolic OH excluding ortho intramolecular Hbond substituents is 2. The molecule has 2 amide bonds. The SMILES string of the molecule is CC1C(=O)NN=C1C(=O)N/N=C\c1ccc(O)cc1O. The maximum absolute atomic E-state index is 11.7. The van der Waals surface area contributed by atoms with Crippen LogP contribution in [-0.4, -0.2) is 34.0 Å². The zero-order chi connectivity index (χ0) is 14.7. The van der Waals surface area contributed by atoms with Gasteiger partial charge in [-0.3, -0.25) is 9.59 Å². The lowest BCUT2D eigenvalue weighted by molar-refractivity contribution is -0.122. The highest BCUT2D eigenvalue weighted by molar-refractivity contribution is 6.44. The van der Waals surface area contributed by atoms with Gasteiger partial charge >= 0.3 is 0 Å². The number of amides is 2. The molecule has 1 heterocycles. The largest absolute Gasteiger partial charge is 0.508 e. The number of hydrazone groups is 2. The summed E-state index contributed by atoms with van der Waals surface area (Å²) in [5.74, 6) is -1.85. The van der Waals surface area contributed by atoms with Gasteiger partial charge in [0, 0.05) is 11.6 Å². The molecule has 104 valence electrons. The Labute approximate surface area is 113 Å². The van der Waals surface area contributed by atoms with Crippen molar-refractivity contribution in [3.05, 3.63) is 23.8 Å². The Morgan fingerprint density at radius 1 is 1.50 bits per heavy atom. The number of hydrogen-bond donors (Lipinski definition) is 4. The Hall–Kier alpha value is -2.90. The van der Waals surface area contributed by atoms with Crippen molar-refractivity contribution in [2.75, 3.05) is 0 Å². The van der Waals surface area contributed by atoms with Gasteiger partial charge in [-0.05, 0) is 19.1 Å². The minimum Gasteiger partial charge on any atom is -0.508 e. The molecular formula is C12H12N4O4. The van der Waals surface area contributed by atoms with E-state index in [4.69, 9.17) is 5.11 Å². The van der Waals surface area contributed by atoms with E-state index in [1.807, 2.05) is 0 Å². The molecule has 0 saturated carbocycles. The number of rotatable bonds is 3. The smallest absolute Gasteiger partial charge is 0.288 e. The highest BCUT2D eigenvalue weighted by Gasteiger charge is 2.30. The van der Waals surface area contributed by atoms with Crippen molar-refractivity contribution >= 4 is 23.7 Å². The number of carbonyl (C=O) groups is 2. The molecule has 0 aliphatic carbocycles. The van der Waals surface area contributed by atoms with Crippen LogP contribution in [-0.2, 0) is 9.59 Å². The number of carbonyl (C=O) groups excluding carboxylic acids is 2. The molecule has 8 nitrogen and oxygen atoms in total. The maximum Gasteiger partial charge on any atom is 0.288 e. The highest BCUT2D eigenvalue weighted by Crippen LogP contribution is 2.20. The fourth-order valence-electron chi connectivity index (χ4n) is 1.54. The zero-order valence-corrected chi connectivity index (χ0v) is 10.5. The summed E-state index contributed by atoms with van der Waals surface area (Å²) in [5, 5.41) is 25.9. The van der Waals surface area contributed by atoms with Gasteiger partial charge in [-0.25, -0.2) is 10.9 Å². The van der Waals surface area contributed by atoms with Gasteiger partial charge < -0.3 is 10.2 Å². The van der Waals surface area contributed by atoms with Gasteiger partial charge in [0.1, 0.15) is 17.2 Å². The van der Waals surface area contributed by atoms with Crippen molar-refractivity contribution in [2.45, 2.75) is 6.92 Å². The van der Waals surface area contributed by atoms with Crippen molar-refractivity contribution in [1.82, 2.24) is 10.9 Å². The van der Waals surface area contributed by atoms with Crippen molar-refractivity contribution in [2.24, 2.45) is 16.1 Å². The van der Waals surface area contributed by atoms with Gasteiger partial charge in [0.15, 0.2) is 0 Å². The van der Waals surface area contributed by atoms with Crippen LogP contribution >= 0.6 is 0 Å². The third-order valence-corrected chi connectivity index (χ3v) is 2.71. The number of nitrogens with one attached hydrogen (secondary N) is 2. The van der Waals surface area contributed by atoms with Crippen LogP contribution in [0.3, 0.4) is 0 Å². The summed E-state index contributed by atoms with van der Waals surface area (Å²) in [4.78, 5) is 22.8. The van der Waals surface area contributed by atoms with E-state index in [0.717, 1.165) is 6.07 Å². The summed E-state index contributed by atoms with van der Waals surface area (Å²) < 4.78 is 0. The van der Waals surface area contributed by atoms with E-state index in [2.05, 4.69) is 21.1 Å². The number of aromatic hydroxyl groups is 2. The summed E-state index contributed by atoms with van der Waals surface area (Å²) in [5.41, 5.74) is 4.75. The fraction of sp³-hybridized carbons (Fsp3) is 0.167. The summed E-state index contributed by atoms with van der Waals surface area (Å²) >= 11 is 0. The molecule has 1 atom stereocenters. The van der Waals surface area contributed by atoms with E-state index < -0.39 is 11.8 Å². The second kappa shape index (κ2) is 5.39. The fourth-order valence-corrected chi connectivity index (χ4v) is 1.54. The van der Waals surface area contributed by atoms with Crippen LogP contribution in [0.1, 0.15) is 12.5 Å². The summed E-state index contributed by atoms with van der Waals surface area (Å²) in [6.45, 7) is 1.55. The standard InChI is InChI=1S/C12H12N4O4/c1-6-10(14-16-11(6)19)12(20)15-13-5-7-2-3-8(17)4-9(7)18/h2-6,17-18H,1H3,(H,15,20)(H,16,19)/b13-5-. The van der Waals surface area contributed by atoms with E-state index in [0.29, 0.717) is 5.56 Å². The Kier molecular flexibility index (Phi) is 3.65. The zero-order valence-electron chi connectivity index (χ0n) is 10.5. The van der Waals surface area contributed by atoms with Gasteiger partial charge in [-0.2, -0.15) is 10.2 Å². The Morgan fingerprint density at radius 2 is 2.25 bits per heavy atom. The Bertz CT molecular complexity index is 624. The van der Waals surface area contributed by atoms with E-state index in [1.165, 1.54) is 18.3 Å². The van der Waals surface area contributed by atoms with Gasteiger partial charge in [0.2, 0.25) is 5.91 Å². The summed E-state index contributed by atoms with van der Waals surface area (Å²) in [6, 6.07) is 3.95. The molecule has 0 aromatic heterocycles. The molecule has 0 fully saturated rings. The van der Waals surface area contributed by atoms with Gasteiger partial charge in [-0.1, -0.05) is 0 Å². The lowest BCUT2D eigenvalue weighted by Gasteiger charge is -2.02. The average Bonchev–Trinajstić information content (AvgIpc) is 2.72. The monoisotopic (exact) mass is 276 g/mol. The van der Waals surface area contributed by atoms with Crippen LogP contribution < -0.4 is 10.9 Å². The lowest BCUT2D eigenvalue weighted by Crippen LogP contribution is -2.32. The molecule has 1 aliphatic rings. The van der Waals surface area contributed by atoms with Crippen molar-refractivity contribution in [1.29, 1.82) is 0 Å². The van der Waals surface area contributed by atoms with Crippen molar-refractivity contribution < 1.29 is 19.8 Å². The van der Waals surface area contributed by atoms with Crippen molar-refractivity contribution in [3.63, 3.8) is 0 Å². The average molecular weight is 276 g/mol. The minimum absolute atomic E-state index is 0.0436. The molecule has 2 rings (SSSR count). The number of phenols is 2. The minimum atomic E-state index is -0.632. The Balaban J connectivity index is 2.00. The molecule has 8 heteroatoms. The maximum atomic E-state index is 11.7. The molecule has 0 saturated heterocycles. The topological polar surface area (TPSA) is 123 Å². The number of hydrogen-bond acceptors (Lipinski definition) is 6. The molecule has 0 spiro atoms. The van der Waals surface area contributed by atoms with Crippen LogP contribution in [0.15, 0.2) is 28.4 Å². The highest BCUT2D eigenvalue weighted by atomic mass is 16.3. The summed E-state index contributed by atoms with van der Waals surface area (Å²) in [7, 11) is 0.